The molecule has 3 heteroatoms. The number of phenols is 1. The summed E-state index contributed by atoms with van der Waals surface area (Å²) < 4.78 is 1.06. The summed E-state index contributed by atoms with van der Waals surface area (Å²) in [4.78, 5) is 0. The molecule has 0 aliphatic rings. The van der Waals surface area contributed by atoms with Gasteiger partial charge in [0.25, 0.3) is 0 Å². The highest BCUT2D eigenvalue weighted by molar-refractivity contribution is 14.1. The molecule has 0 bridgehead atoms. The molecule has 2 aromatic carbocycles. The molecule has 0 unspecified atom stereocenters. The van der Waals surface area contributed by atoms with Gasteiger partial charge in [0, 0.05) is 9.14 Å². The molecule has 2 rings (SSSR count). The van der Waals surface area contributed by atoms with Gasteiger partial charge in [0.2, 0.25) is 0 Å². The first kappa shape index (κ1) is 13.1. The molecule has 0 saturated carbocycles. The van der Waals surface area contributed by atoms with Gasteiger partial charge in [-0.3, -0.25) is 0 Å². The number of benzene rings is 2. The third kappa shape index (κ3) is 3.11. The largest absolute Gasteiger partial charge is 0.508 e. The zero-order chi connectivity index (χ0) is 13.0. The maximum absolute atomic E-state index is 9.52. The first-order chi connectivity index (χ1) is 8.70. The summed E-state index contributed by atoms with van der Waals surface area (Å²) in [5, 5.41) is 18.7. The molecule has 0 atom stereocenters. The van der Waals surface area contributed by atoms with Crippen LogP contribution in [-0.2, 0) is 6.61 Å². The maximum Gasteiger partial charge on any atom is 0.121 e. The molecule has 0 aliphatic carbocycles. The molecule has 0 spiro atoms. The minimum Gasteiger partial charge on any atom is -0.508 e. The molecule has 0 fully saturated rings. The molecule has 2 nitrogen and oxygen atoms in total. The van der Waals surface area contributed by atoms with E-state index in [1.54, 1.807) is 12.1 Å². The van der Waals surface area contributed by atoms with Crippen molar-refractivity contribution in [2.24, 2.45) is 0 Å². The highest BCUT2D eigenvalue weighted by atomic mass is 127. The van der Waals surface area contributed by atoms with Gasteiger partial charge in [-0.25, -0.2) is 0 Å². The van der Waals surface area contributed by atoms with Gasteiger partial charge in [0.1, 0.15) is 5.75 Å². The van der Waals surface area contributed by atoms with Gasteiger partial charge in [-0.05, 0) is 51.9 Å². The van der Waals surface area contributed by atoms with E-state index in [0.717, 1.165) is 14.7 Å². The van der Waals surface area contributed by atoms with Crippen LogP contribution in [0.1, 0.15) is 16.7 Å². The van der Waals surface area contributed by atoms with Crippen LogP contribution in [0.15, 0.2) is 48.5 Å². The van der Waals surface area contributed by atoms with Crippen molar-refractivity contribution in [1.82, 2.24) is 0 Å². The van der Waals surface area contributed by atoms with Crippen LogP contribution in [0, 0.1) is 0 Å². The molecule has 92 valence electrons. The molecular weight excluding hydrogens is 339 g/mol. The predicted octanol–water partition coefficient (Wildman–Crippen LogP) is 3.82. The van der Waals surface area contributed by atoms with Gasteiger partial charge in [-0.1, -0.05) is 36.4 Å². The van der Waals surface area contributed by atoms with Crippen LogP contribution in [0.2, 0.25) is 0 Å². The van der Waals surface area contributed by atoms with Gasteiger partial charge in [0.15, 0.2) is 0 Å². The lowest BCUT2D eigenvalue weighted by Gasteiger charge is -2.05. The SMILES string of the molecule is OCc1cc(C(I)=Cc2ccccc2)ccc1O. The zero-order valence-electron chi connectivity index (χ0n) is 9.68. The third-order valence-corrected chi connectivity index (χ3v) is 3.55. The number of hydrogen-bond acceptors (Lipinski definition) is 2. The molecule has 18 heavy (non-hydrogen) atoms. The maximum atomic E-state index is 9.52. The topological polar surface area (TPSA) is 40.5 Å². The Labute approximate surface area is 120 Å². The summed E-state index contributed by atoms with van der Waals surface area (Å²) >= 11 is 2.25. The van der Waals surface area contributed by atoms with Crippen LogP contribution < -0.4 is 0 Å². The Hall–Kier alpha value is -1.33. The summed E-state index contributed by atoms with van der Waals surface area (Å²) in [5.74, 6) is 0.130. The second-order valence-corrected chi connectivity index (χ2v) is 5.07. The van der Waals surface area contributed by atoms with Crippen LogP contribution in [0.5, 0.6) is 5.75 Å². The zero-order valence-corrected chi connectivity index (χ0v) is 11.8. The van der Waals surface area contributed by atoms with E-state index in [9.17, 15) is 5.11 Å². The van der Waals surface area contributed by atoms with Crippen LogP contribution in [0.3, 0.4) is 0 Å². The van der Waals surface area contributed by atoms with Gasteiger partial charge in [-0.2, -0.15) is 0 Å². The monoisotopic (exact) mass is 352 g/mol. The number of halogens is 1. The van der Waals surface area contributed by atoms with Gasteiger partial charge in [-0.15, -0.1) is 0 Å². The second kappa shape index (κ2) is 6.02. The number of aromatic hydroxyl groups is 1. The third-order valence-electron chi connectivity index (χ3n) is 2.62. The van der Waals surface area contributed by atoms with Crippen molar-refractivity contribution < 1.29 is 10.2 Å². The van der Waals surface area contributed by atoms with Gasteiger partial charge in [0.05, 0.1) is 6.61 Å². The first-order valence-electron chi connectivity index (χ1n) is 5.56. The first-order valence-corrected chi connectivity index (χ1v) is 6.64. The van der Waals surface area contributed by atoms with Crippen molar-refractivity contribution in [2.45, 2.75) is 6.61 Å². The van der Waals surface area contributed by atoms with E-state index in [2.05, 4.69) is 28.7 Å². The normalized spacial score (nSPS) is 11.6. The molecule has 2 aromatic rings. The van der Waals surface area contributed by atoms with E-state index < -0.39 is 0 Å². The Kier molecular flexibility index (Phi) is 4.38. The van der Waals surface area contributed by atoms with E-state index in [0.29, 0.717) is 5.56 Å². The van der Waals surface area contributed by atoms with Gasteiger partial charge < -0.3 is 10.2 Å². The van der Waals surface area contributed by atoms with Crippen molar-refractivity contribution in [1.29, 1.82) is 0 Å². The van der Waals surface area contributed by atoms with Crippen molar-refractivity contribution in [3.05, 3.63) is 65.2 Å². The molecule has 0 aliphatic heterocycles. The van der Waals surface area contributed by atoms with E-state index in [-0.39, 0.29) is 12.4 Å². The minimum absolute atomic E-state index is 0.130. The molecule has 0 aromatic heterocycles. The average Bonchev–Trinajstić information content (AvgIpc) is 2.40. The van der Waals surface area contributed by atoms with Crippen molar-refractivity contribution in [3.63, 3.8) is 0 Å². The smallest absolute Gasteiger partial charge is 0.121 e. The minimum atomic E-state index is -0.158. The van der Waals surface area contributed by atoms with Crippen LogP contribution >= 0.6 is 22.6 Å². The summed E-state index contributed by atoms with van der Waals surface area (Å²) in [6, 6.07) is 15.3. The van der Waals surface area contributed by atoms with Crippen molar-refractivity contribution in [2.75, 3.05) is 0 Å². The highest BCUT2D eigenvalue weighted by Crippen LogP contribution is 2.28. The Morgan fingerprint density at radius 3 is 2.50 bits per heavy atom. The predicted molar refractivity (Wildman–Crippen MR) is 82.4 cm³/mol. The Morgan fingerprint density at radius 2 is 1.83 bits per heavy atom. The molecule has 0 amide bonds. The fraction of sp³-hybridized carbons (Fsp3) is 0.0667. The number of hydrogen-bond donors (Lipinski definition) is 2. The van der Waals surface area contributed by atoms with E-state index in [4.69, 9.17) is 5.11 Å². The molecule has 2 N–H and O–H groups in total. The lowest BCUT2D eigenvalue weighted by Crippen LogP contribution is -1.86. The summed E-state index contributed by atoms with van der Waals surface area (Å²) in [7, 11) is 0. The van der Waals surface area contributed by atoms with Gasteiger partial charge >= 0.3 is 0 Å². The highest BCUT2D eigenvalue weighted by Gasteiger charge is 2.04. The number of aliphatic hydroxyl groups is 1. The second-order valence-electron chi connectivity index (χ2n) is 3.90. The summed E-state index contributed by atoms with van der Waals surface area (Å²) in [6.07, 6.45) is 2.06. The Balaban J connectivity index is 2.34. The molecule has 0 radical (unpaired) electrons. The van der Waals surface area contributed by atoms with Crippen LogP contribution in [0.4, 0.5) is 0 Å². The van der Waals surface area contributed by atoms with Crippen molar-refractivity contribution in [3.8, 4) is 5.75 Å². The quantitative estimate of drug-likeness (QED) is 0.651. The van der Waals surface area contributed by atoms with Crippen LogP contribution in [-0.4, -0.2) is 10.2 Å². The number of rotatable bonds is 3. The van der Waals surface area contributed by atoms with Crippen LogP contribution in [0.25, 0.3) is 9.66 Å². The molecule has 0 heterocycles. The van der Waals surface area contributed by atoms with E-state index >= 15 is 0 Å². The summed E-state index contributed by atoms with van der Waals surface area (Å²) in [5.41, 5.74) is 2.66. The summed E-state index contributed by atoms with van der Waals surface area (Å²) in [6.45, 7) is -0.158. The number of aliphatic hydroxyl groups excluding tert-OH is 1. The van der Waals surface area contributed by atoms with E-state index in [1.807, 2.05) is 36.4 Å². The fourth-order valence-electron chi connectivity index (χ4n) is 1.64. The fourth-order valence-corrected chi connectivity index (χ4v) is 2.33. The molecular formula is C15H13IO2. The molecule has 0 saturated heterocycles. The van der Waals surface area contributed by atoms with E-state index in [1.165, 1.54) is 0 Å². The standard InChI is InChI=1S/C15H13IO2/c16-14(8-11-4-2-1-3-5-11)12-6-7-15(18)13(9-12)10-17/h1-9,17-18H,10H2. The lowest BCUT2D eigenvalue weighted by molar-refractivity contribution is 0.275. The Bertz CT molecular complexity index is 562. The Morgan fingerprint density at radius 1 is 1.11 bits per heavy atom. The average molecular weight is 352 g/mol. The lowest BCUT2D eigenvalue weighted by atomic mass is 10.1. The van der Waals surface area contributed by atoms with Crippen molar-refractivity contribution >= 4 is 32.2 Å².